The molecule has 3 unspecified atom stereocenters. The molecule has 3 atom stereocenters. The molecule has 2 fully saturated rings. The van der Waals surface area contributed by atoms with Gasteiger partial charge in [0.25, 0.3) is 5.91 Å². The topological polar surface area (TPSA) is 142 Å². The van der Waals surface area contributed by atoms with Crippen LogP contribution in [0.3, 0.4) is 0 Å². The number of hydrogen-bond acceptors (Lipinski definition) is 8. The molecule has 2 saturated heterocycles. The van der Waals surface area contributed by atoms with Gasteiger partial charge in [0.2, 0.25) is 11.8 Å². The van der Waals surface area contributed by atoms with E-state index in [2.05, 4.69) is 30.7 Å². The van der Waals surface area contributed by atoms with Gasteiger partial charge in [-0.05, 0) is 35.9 Å². The summed E-state index contributed by atoms with van der Waals surface area (Å²) in [5.41, 5.74) is 13.0. The van der Waals surface area contributed by atoms with Crippen molar-refractivity contribution in [2.75, 3.05) is 25.5 Å². The Balaban J connectivity index is 1.17. The Morgan fingerprint density at radius 1 is 1.10 bits per heavy atom. The molecule has 0 bridgehead atoms. The summed E-state index contributed by atoms with van der Waals surface area (Å²) in [6.07, 6.45) is 1.59. The van der Waals surface area contributed by atoms with E-state index in [-0.39, 0.29) is 29.9 Å². The third-order valence-electron chi connectivity index (χ3n) is 7.09. The second kappa shape index (κ2) is 9.84. The van der Waals surface area contributed by atoms with Gasteiger partial charge in [0, 0.05) is 56.6 Å². The van der Waals surface area contributed by atoms with Crippen molar-refractivity contribution in [2.24, 2.45) is 10.8 Å². The second-order valence-electron chi connectivity index (χ2n) is 9.68. The number of hydrogen-bond donors (Lipinski definition) is 3. The molecular formula is C28H28N8O3. The Bertz CT molecular complexity index is 1570. The average Bonchev–Trinajstić information content (AvgIpc) is 3.26. The van der Waals surface area contributed by atoms with Gasteiger partial charge in [-0.2, -0.15) is 5.10 Å². The average molecular weight is 525 g/mol. The zero-order chi connectivity index (χ0) is 27.1. The van der Waals surface area contributed by atoms with E-state index in [4.69, 9.17) is 10.2 Å². The maximum absolute atomic E-state index is 13.4. The smallest absolute Gasteiger partial charge is 0.272 e. The van der Waals surface area contributed by atoms with Gasteiger partial charge in [-0.15, -0.1) is 0 Å². The number of nitrogens with zero attached hydrogens (tertiary/aromatic N) is 5. The van der Waals surface area contributed by atoms with E-state index < -0.39 is 0 Å². The number of likely N-dealkylation sites (tertiary alicyclic amines) is 1. The third-order valence-corrected chi connectivity index (χ3v) is 7.09. The lowest BCUT2D eigenvalue weighted by atomic mass is 10.1. The number of aromatic nitrogens is 2. The second-order valence-corrected chi connectivity index (χ2v) is 9.68. The first kappa shape index (κ1) is 24.6. The van der Waals surface area contributed by atoms with Crippen molar-refractivity contribution >= 4 is 34.4 Å². The molecule has 2 aromatic heterocycles. The molecule has 4 N–H and O–H groups in total. The summed E-state index contributed by atoms with van der Waals surface area (Å²) >= 11 is 0. The van der Waals surface area contributed by atoms with Gasteiger partial charge in [-0.1, -0.05) is 30.3 Å². The molecule has 4 heterocycles. The van der Waals surface area contributed by atoms with Crippen molar-refractivity contribution in [3.63, 3.8) is 0 Å². The molecule has 11 heteroatoms. The number of carbonyl (C=O) groups is 2. The lowest BCUT2D eigenvalue weighted by Crippen LogP contribution is -2.39. The number of fused-ring (bicyclic) bond motifs is 2. The van der Waals surface area contributed by atoms with Crippen molar-refractivity contribution in [1.29, 1.82) is 0 Å². The number of nitrogens with one attached hydrogen (secondary N) is 2. The van der Waals surface area contributed by atoms with Crippen LogP contribution >= 0.6 is 0 Å². The van der Waals surface area contributed by atoms with Gasteiger partial charge < -0.3 is 25.8 Å². The highest BCUT2D eigenvalue weighted by Crippen LogP contribution is 2.43. The predicted molar refractivity (Wildman–Crippen MR) is 147 cm³/mol. The zero-order valence-electron chi connectivity index (χ0n) is 21.5. The van der Waals surface area contributed by atoms with Gasteiger partial charge in [0.15, 0.2) is 5.58 Å². The van der Waals surface area contributed by atoms with Crippen LogP contribution in [0.1, 0.15) is 29.0 Å². The maximum atomic E-state index is 13.4. The molecule has 198 valence electrons. The highest BCUT2D eigenvalue weighted by Gasteiger charge is 2.58. The molecule has 2 amide bonds. The van der Waals surface area contributed by atoms with Gasteiger partial charge >= 0.3 is 0 Å². The number of benzene rings is 2. The Morgan fingerprint density at radius 2 is 1.87 bits per heavy atom. The Kier molecular flexibility index (Phi) is 6.20. The predicted octanol–water partition coefficient (Wildman–Crippen LogP) is 2.59. The van der Waals surface area contributed by atoms with Crippen molar-refractivity contribution in [3.8, 4) is 11.5 Å². The summed E-state index contributed by atoms with van der Waals surface area (Å²) in [5, 5.41) is 6.98. The number of amides is 2. The van der Waals surface area contributed by atoms with Crippen LogP contribution in [-0.2, 0) is 4.79 Å². The summed E-state index contributed by atoms with van der Waals surface area (Å²) in [6, 6.07) is 19.0. The van der Waals surface area contributed by atoms with Crippen LogP contribution in [0.4, 0.5) is 5.69 Å². The van der Waals surface area contributed by atoms with Gasteiger partial charge in [0.05, 0.1) is 6.04 Å². The zero-order valence-corrected chi connectivity index (χ0v) is 21.5. The Hall–Kier alpha value is -4.77. The van der Waals surface area contributed by atoms with Crippen molar-refractivity contribution in [2.45, 2.75) is 25.0 Å². The molecule has 4 aromatic rings. The molecule has 11 nitrogen and oxygen atoms in total. The monoisotopic (exact) mass is 524 g/mol. The van der Waals surface area contributed by atoms with Crippen LogP contribution in [0.5, 0.6) is 0 Å². The van der Waals surface area contributed by atoms with E-state index in [9.17, 15) is 9.59 Å². The minimum atomic E-state index is -0.164. The highest BCUT2D eigenvalue weighted by atomic mass is 16.3. The van der Waals surface area contributed by atoms with Crippen LogP contribution < -0.4 is 16.5 Å². The number of nitrogens with two attached hydrogens (primary N) is 1. The van der Waals surface area contributed by atoms with Gasteiger partial charge in [-0.3, -0.25) is 19.5 Å². The van der Waals surface area contributed by atoms with E-state index in [1.54, 1.807) is 43.6 Å². The molecule has 2 aliphatic rings. The SMILES string of the molecule is CN/N=C(\N)C(c1ccccc1)N1C2CN(C(=O)c3cc(-c4nc5cc(NC(C)=O)ccc5o4)ccn3)CC21. The molecule has 6 rings (SSSR count). The third kappa shape index (κ3) is 4.68. The number of piperazine rings is 1. The number of carbonyl (C=O) groups excluding carboxylic acids is 2. The summed E-state index contributed by atoms with van der Waals surface area (Å²) < 4.78 is 5.91. The van der Waals surface area contributed by atoms with E-state index in [0.29, 0.717) is 52.9 Å². The van der Waals surface area contributed by atoms with Crippen molar-refractivity contribution in [3.05, 3.63) is 78.1 Å². The number of hydrazone groups is 1. The fourth-order valence-corrected chi connectivity index (χ4v) is 5.36. The summed E-state index contributed by atoms with van der Waals surface area (Å²) in [4.78, 5) is 37.8. The van der Waals surface area contributed by atoms with E-state index >= 15 is 0 Å². The van der Waals surface area contributed by atoms with Crippen LogP contribution in [0, 0.1) is 0 Å². The molecule has 2 aliphatic heterocycles. The number of anilines is 1. The van der Waals surface area contributed by atoms with Crippen LogP contribution in [0.2, 0.25) is 0 Å². The number of rotatable bonds is 7. The number of oxazole rings is 1. The quantitative estimate of drug-likeness (QED) is 0.145. The minimum Gasteiger partial charge on any atom is -0.436 e. The first-order valence-corrected chi connectivity index (χ1v) is 12.7. The van der Waals surface area contributed by atoms with E-state index in [0.717, 1.165) is 5.56 Å². The van der Waals surface area contributed by atoms with Crippen molar-refractivity contribution in [1.82, 2.24) is 25.2 Å². The summed E-state index contributed by atoms with van der Waals surface area (Å²) in [6.45, 7) is 2.62. The molecule has 0 spiro atoms. The molecule has 0 aliphatic carbocycles. The molecular weight excluding hydrogens is 496 g/mol. The van der Waals surface area contributed by atoms with Crippen molar-refractivity contribution < 1.29 is 14.0 Å². The summed E-state index contributed by atoms with van der Waals surface area (Å²) in [7, 11) is 1.73. The lowest BCUT2D eigenvalue weighted by molar-refractivity contribution is -0.114. The fraction of sp³-hybridized carbons (Fsp3) is 0.250. The minimum absolute atomic E-state index is 0.138. The maximum Gasteiger partial charge on any atom is 0.272 e. The molecule has 0 radical (unpaired) electrons. The molecule has 39 heavy (non-hydrogen) atoms. The Morgan fingerprint density at radius 3 is 2.59 bits per heavy atom. The lowest BCUT2D eigenvalue weighted by Gasteiger charge is -2.26. The fourth-order valence-electron chi connectivity index (χ4n) is 5.36. The van der Waals surface area contributed by atoms with Crippen LogP contribution in [0.25, 0.3) is 22.6 Å². The van der Waals surface area contributed by atoms with Crippen LogP contribution in [-0.4, -0.2) is 69.6 Å². The number of amidine groups is 1. The number of pyridine rings is 1. The van der Waals surface area contributed by atoms with Gasteiger partial charge in [0.1, 0.15) is 17.0 Å². The Labute approximate surface area is 224 Å². The first-order chi connectivity index (χ1) is 18.9. The first-order valence-electron chi connectivity index (χ1n) is 12.7. The van der Waals surface area contributed by atoms with E-state index in [1.165, 1.54) is 6.92 Å². The normalized spacial score (nSPS) is 20.9. The van der Waals surface area contributed by atoms with Crippen LogP contribution in [0.15, 0.2) is 76.4 Å². The summed E-state index contributed by atoms with van der Waals surface area (Å²) in [5.74, 6) is 0.569. The molecule has 2 aromatic carbocycles. The largest absolute Gasteiger partial charge is 0.436 e. The van der Waals surface area contributed by atoms with E-state index in [1.807, 2.05) is 35.2 Å². The highest BCUT2D eigenvalue weighted by molar-refractivity contribution is 5.94. The standard InChI is InChI=1S/C28H28N8O3/c1-16(37)32-19-8-9-24-20(13-19)33-27(39-24)18-10-11-31-21(12-18)28(38)35-14-22-23(15-35)36(22)25(26(29)34-30-2)17-6-4-3-5-7-17/h3-13,22-23,25,30H,14-15H2,1-2H3,(H2,29,34)(H,32,37). The molecule has 0 saturated carbocycles. The van der Waals surface area contributed by atoms with Gasteiger partial charge in [-0.25, -0.2) is 4.98 Å².